The number of carbonyl (C=O) groups is 1. The zero-order valence-electron chi connectivity index (χ0n) is 10.3. The molecule has 0 unspecified atom stereocenters. The molecule has 0 spiro atoms. The molecule has 2 aromatic carbocycles. The molecule has 0 aliphatic heterocycles. The van der Waals surface area contributed by atoms with Gasteiger partial charge < -0.3 is 4.74 Å². The molecule has 0 amide bonds. The second kappa shape index (κ2) is 6.76. The van der Waals surface area contributed by atoms with E-state index in [1.165, 1.54) is 0 Å². The summed E-state index contributed by atoms with van der Waals surface area (Å²) in [6.07, 6.45) is 3.89. The highest BCUT2D eigenvalue weighted by atomic mass is 35.5. The number of ether oxygens (including phenoxy) is 1. The number of rotatable bonds is 4. The Balaban J connectivity index is 1.87. The molecule has 0 aromatic heterocycles. The quantitative estimate of drug-likeness (QED) is 0.611. The van der Waals surface area contributed by atoms with Gasteiger partial charge in [-0.15, -0.1) is 0 Å². The van der Waals surface area contributed by atoms with Crippen molar-refractivity contribution < 1.29 is 9.53 Å². The Morgan fingerprint density at radius 2 is 1.89 bits per heavy atom. The van der Waals surface area contributed by atoms with Crippen LogP contribution in [0.2, 0.25) is 5.02 Å². The third kappa shape index (κ3) is 4.60. The van der Waals surface area contributed by atoms with Gasteiger partial charge in [0.05, 0.1) is 6.42 Å². The Labute approximate surface area is 117 Å². The smallest absolute Gasteiger partial charge is 0.315 e. The summed E-state index contributed by atoms with van der Waals surface area (Å²) in [5, 5.41) is 0.546. The Kier molecular flexibility index (Phi) is 4.76. The first kappa shape index (κ1) is 13.4. The van der Waals surface area contributed by atoms with Crippen LogP contribution in [-0.4, -0.2) is 5.97 Å². The van der Waals surface area contributed by atoms with Crippen LogP contribution in [0.1, 0.15) is 12.0 Å². The molecular formula is C16H13ClO2. The lowest BCUT2D eigenvalue weighted by Gasteiger charge is -2.02. The van der Waals surface area contributed by atoms with Gasteiger partial charge in [0.2, 0.25) is 0 Å². The summed E-state index contributed by atoms with van der Waals surface area (Å²) in [4.78, 5) is 11.6. The van der Waals surface area contributed by atoms with Gasteiger partial charge >= 0.3 is 5.97 Å². The zero-order valence-corrected chi connectivity index (χ0v) is 11.0. The van der Waals surface area contributed by atoms with Crippen LogP contribution in [0.3, 0.4) is 0 Å². The van der Waals surface area contributed by atoms with E-state index in [1.807, 2.05) is 36.4 Å². The van der Waals surface area contributed by atoms with Gasteiger partial charge in [0, 0.05) is 5.02 Å². The molecule has 3 heteroatoms. The molecule has 2 aromatic rings. The van der Waals surface area contributed by atoms with Crippen LogP contribution in [0.5, 0.6) is 5.75 Å². The van der Waals surface area contributed by atoms with Gasteiger partial charge in [0.15, 0.2) is 0 Å². The lowest BCUT2D eigenvalue weighted by Crippen LogP contribution is -2.05. The Morgan fingerprint density at radius 1 is 1.11 bits per heavy atom. The molecule has 0 aliphatic carbocycles. The highest BCUT2D eigenvalue weighted by Crippen LogP contribution is 2.17. The largest absolute Gasteiger partial charge is 0.426 e. The summed E-state index contributed by atoms with van der Waals surface area (Å²) < 4.78 is 5.16. The second-order valence-corrected chi connectivity index (χ2v) is 4.39. The maximum atomic E-state index is 11.6. The summed E-state index contributed by atoms with van der Waals surface area (Å²) in [5.41, 5.74) is 1.05. The van der Waals surface area contributed by atoms with Gasteiger partial charge in [-0.05, 0) is 23.8 Å². The van der Waals surface area contributed by atoms with E-state index in [1.54, 1.807) is 30.3 Å². The Hall–Kier alpha value is -2.06. The summed E-state index contributed by atoms with van der Waals surface area (Å²) in [7, 11) is 0. The van der Waals surface area contributed by atoms with Crippen molar-refractivity contribution in [3.8, 4) is 5.75 Å². The summed E-state index contributed by atoms with van der Waals surface area (Å²) in [6, 6.07) is 16.6. The highest BCUT2D eigenvalue weighted by Gasteiger charge is 2.02. The van der Waals surface area contributed by atoms with E-state index < -0.39 is 0 Å². The number of halogens is 1. The van der Waals surface area contributed by atoms with Crippen LogP contribution in [0.4, 0.5) is 0 Å². The fourth-order valence-electron chi connectivity index (χ4n) is 1.56. The van der Waals surface area contributed by atoms with Crippen molar-refractivity contribution in [3.05, 3.63) is 71.3 Å². The van der Waals surface area contributed by atoms with Crippen molar-refractivity contribution in [2.45, 2.75) is 6.42 Å². The summed E-state index contributed by atoms with van der Waals surface area (Å²) in [6.45, 7) is 0. The van der Waals surface area contributed by atoms with Gasteiger partial charge in [0.25, 0.3) is 0 Å². The van der Waals surface area contributed by atoms with Crippen molar-refractivity contribution in [3.63, 3.8) is 0 Å². The number of esters is 1. The van der Waals surface area contributed by atoms with E-state index in [2.05, 4.69) is 0 Å². The lowest BCUT2D eigenvalue weighted by atomic mass is 10.2. The van der Waals surface area contributed by atoms with Gasteiger partial charge in [-0.2, -0.15) is 0 Å². The zero-order chi connectivity index (χ0) is 13.5. The van der Waals surface area contributed by atoms with E-state index in [9.17, 15) is 4.79 Å². The molecule has 0 bridgehead atoms. The van der Waals surface area contributed by atoms with E-state index in [0.29, 0.717) is 10.8 Å². The molecule has 2 rings (SSSR count). The van der Waals surface area contributed by atoms with Crippen molar-refractivity contribution in [1.29, 1.82) is 0 Å². The fraction of sp³-hybridized carbons (Fsp3) is 0.0625. The Morgan fingerprint density at radius 3 is 2.63 bits per heavy atom. The van der Waals surface area contributed by atoms with Crippen LogP contribution in [0.15, 0.2) is 60.7 Å². The molecule has 0 aliphatic rings. The molecule has 0 atom stereocenters. The minimum absolute atomic E-state index is 0.224. The van der Waals surface area contributed by atoms with E-state index in [-0.39, 0.29) is 12.4 Å². The van der Waals surface area contributed by atoms with Crippen molar-refractivity contribution in [2.24, 2.45) is 0 Å². The molecule has 96 valence electrons. The highest BCUT2D eigenvalue weighted by molar-refractivity contribution is 6.30. The van der Waals surface area contributed by atoms with E-state index in [0.717, 1.165) is 5.56 Å². The molecule has 0 N–H and O–H groups in total. The minimum atomic E-state index is -0.311. The average Bonchev–Trinajstić information content (AvgIpc) is 2.40. The van der Waals surface area contributed by atoms with Crippen LogP contribution >= 0.6 is 11.6 Å². The normalized spacial score (nSPS) is 10.6. The Bertz CT molecular complexity index is 576. The van der Waals surface area contributed by atoms with Crippen LogP contribution < -0.4 is 4.74 Å². The topological polar surface area (TPSA) is 26.3 Å². The maximum Gasteiger partial charge on any atom is 0.315 e. The van der Waals surface area contributed by atoms with E-state index >= 15 is 0 Å². The maximum absolute atomic E-state index is 11.6. The summed E-state index contributed by atoms with van der Waals surface area (Å²) >= 11 is 5.81. The number of benzene rings is 2. The van der Waals surface area contributed by atoms with Crippen LogP contribution in [0.25, 0.3) is 6.08 Å². The first-order valence-electron chi connectivity index (χ1n) is 5.92. The molecular weight excluding hydrogens is 260 g/mol. The standard InChI is InChI=1S/C16H13ClO2/c17-14-9-5-10-15(12-14)19-16(18)11-4-8-13-6-2-1-3-7-13/h1-10,12H,11H2/b8-4+. The second-order valence-electron chi connectivity index (χ2n) is 3.95. The first-order valence-corrected chi connectivity index (χ1v) is 6.30. The number of carbonyl (C=O) groups excluding carboxylic acids is 1. The SMILES string of the molecule is O=C(C/C=C/c1ccccc1)Oc1cccc(Cl)c1. The minimum Gasteiger partial charge on any atom is -0.426 e. The van der Waals surface area contributed by atoms with Gasteiger partial charge in [0.1, 0.15) is 5.75 Å². The molecule has 0 saturated carbocycles. The third-order valence-electron chi connectivity index (χ3n) is 2.42. The average molecular weight is 273 g/mol. The van der Waals surface area contributed by atoms with Crippen LogP contribution in [0, 0.1) is 0 Å². The molecule has 0 saturated heterocycles. The van der Waals surface area contributed by atoms with Gasteiger partial charge in [-0.25, -0.2) is 0 Å². The molecule has 19 heavy (non-hydrogen) atoms. The van der Waals surface area contributed by atoms with Crippen molar-refractivity contribution in [1.82, 2.24) is 0 Å². The van der Waals surface area contributed by atoms with Gasteiger partial charge in [-0.3, -0.25) is 4.79 Å². The fourth-order valence-corrected chi connectivity index (χ4v) is 1.74. The summed E-state index contributed by atoms with van der Waals surface area (Å²) in [5.74, 6) is 0.153. The van der Waals surface area contributed by atoms with Gasteiger partial charge in [-0.1, -0.05) is 60.2 Å². The molecule has 0 fully saturated rings. The van der Waals surface area contributed by atoms with Crippen molar-refractivity contribution >= 4 is 23.6 Å². The predicted octanol–water partition coefficient (Wildman–Crippen LogP) is 4.35. The van der Waals surface area contributed by atoms with E-state index in [4.69, 9.17) is 16.3 Å². The predicted molar refractivity (Wildman–Crippen MR) is 77.2 cm³/mol. The number of hydrogen-bond donors (Lipinski definition) is 0. The molecule has 2 nitrogen and oxygen atoms in total. The number of hydrogen-bond acceptors (Lipinski definition) is 2. The lowest BCUT2D eigenvalue weighted by molar-refractivity contribution is -0.133. The van der Waals surface area contributed by atoms with Crippen molar-refractivity contribution in [2.75, 3.05) is 0 Å². The third-order valence-corrected chi connectivity index (χ3v) is 2.66. The monoisotopic (exact) mass is 272 g/mol. The van der Waals surface area contributed by atoms with Crippen LogP contribution in [-0.2, 0) is 4.79 Å². The molecule has 0 radical (unpaired) electrons. The first-order chi connectivity index (χ1) is 9.24. The molecule has 0 heterocycles.